The smallest absolute Gasteiger partial charge is 0.0165 e. The normalized spacial score (nSPS) is 24.2. The fourth-order valence-corrected chi connectivity index (χ4v) is 1.71. The molecule has 1 aliphatic rings. The maximum atomic E-state index is 5.90. The predicted octanol–water partition coefficient (Wildman–Crippen LogP) is 1.46. The van der Waals surface area contributed by atoms with E-state index in [1.54, 1.807) is 0 Å². The minimum absolute atomic E-state index is 0.387. The van der Waals surface area contributed by atoms with E-state index in [9.17, 15) is 0 Å². The van der Waals surface area contributed by atoms with Crippen LogP contribution in [0.1, 0.15) is 33.1 Å². The second-order valence-electron chi connectivity index (χ2n) is 4.15. The van der Waals surface area contributed by atoms with Gasteiger partial charge in [0.15, 0.2) is 0 Å². The van der Waals surface area contributed by atoms with E-state index in [1.165, 1.54) is 25.9 Å². The lowest BCUT2D eigenvalue weighted by Gasteiger charge is -2.31. The predicted molar refractivity (Wildman–Crippen MR) is 53.1 cm³/mol. The second kappa shape index (κ2) is 4.83. The number of rotatable bonds is 3. The summed E-state index contributed by atoms with van der Waals surface area (Å²) in [7, 11) is 0. The van der Waals surface area contributed by atoms with Crippen LogP contribution < -0.4 is 5.73 Å². The van der Waals surface area contributed by atoms with Gasteiger partial charge in [-0.15, -0.1) is 0 Å². The van der Waals surface area contributed by atoms with E-state index >= 15 is 0 Å². The summed E-state index contributed by atoms with van der Waals surface area (Å²) in [6, 6.07) is 0.387. The highest BCUT2D eigenvalue weighted by Crippen LogP contribution is 2.15. The van der Waals surface area contributed by atoms with Crippen LogP contribution in [0.3, 0.4) is 0 Å². The molecule has 1 fully saturated rings. The van der Waals surface area contributed by atoms with E-state index in [0.29, 0.717) is 6.04 Å². The molecule has 0 radical (unpaired) electrons. The van der Waals surface area contributed by atoms with Crippen LogP contribution in [-0.4, -0.2) is 30.6 Å². The van der Waals surface area contributed by atoms with Gasteiger partial charge in [-0.05, 0) is 38.3 Å². The lowest BCUT2D eigenvalue weighted by molar-refractivity contribution is 0.182. The molecule has 0 aliphatic carbocycles. The number of nitrogens with two attached hydrogens (primary N) is 1. The number of piperidine rings is 1. The van der Waals surface area contributed by atoms with Gasteiger partial charge in [-0.2, -0.15) is 0 Å². The maximum absolute atomic E-state index is 5.90. The van der Waals surface area contributed by atoms with E-state index in [2.05, 4.69) is 18.7 Å². The maximum Gasteiger partial charge on any atom is 0.0165 e. The summed E-state index contributed by atoms with van der Waals surface area (Å²) in [5.41, 5.74) is 5.90. The average molecular weight is 170 g/mol. The fourth-order valence-electron chi connectivity index (χ4n) is 1.71. The van der Waals surface area contributed by atoms with Crippen LogP contribution in [0.25, 0.3) is 0 Å². The highest BCUT2D eigenvalue weighted by molar-refractivity contribution is 4.73. The van der Waals surface area contributed by atoms with Gasteiger partial charge in [0.2, 0.25) is 0 Å². The Hall–Kier alpha value is -0.0800. The summed E-state index contributed by atoms with van der Waals surface area (Å²) in [5, 5.41) is 0. The summed E-state index contributed by atoms with van der Waals surface area (Å²) in [6.07, 6.45) is 3.82. The molecule has 1 heterocycles. The van der Waals surface area contributed by atoms with Crippen molar-refractivity contribution in [3.8, 4) is 0 Å². The molecule has 0 aromatic rings. The van der Waals surface area contributed by atoms with Gasteiger partial charge < -0.3 is 10.6 Å². The van der Waals surface area contributed by atoms with Crippen LogP contribution in [0.2, 0.25) is 0 Å². The Morgan fingerprint density at radius 1 is 1.42 bits per heavy atom. The Morgan fingerprint density at radius 2 is 2.00 bits per heavy atom. The molecule has 12 heavy (non-hydrogen) atoms. The Kier molecular flexibility index (Phi) is 4.02. The van der Waals surface area contributed by atoms with E-state index in [0.717, 1.165) is 18.9 Å². The zero-order valence-corrected chi connectivity index (χ0v) is 8.42. The fraction of sp³-hybridized carbons (Fsp3) is 1.00. The third kappa shape index (κ3) is 3.11. The molecule has 2 heteroatoms. The first-order valence-electron chi connectivity index (χ1n) is 5.20. The molecule has 1 saturated heterocycles. The zero-order chi connectivity index (χ0) is 8.97. The molecule has 0 amide bonds. The Morgan fingerprint density at radius 3 is 2.50 bits per heavy atom. The van der Waals surface area contributed by atoms with Gasteiger partial charge in [0.05, 0.1) is 0 Å². The first-order valence-corrected chi connectivity index (χ1v) is 5.20. The largest absolute Gasteiger partial charge is 0.327 e. The van der Waals surface area contributed by atoms with Crippen molar-refractivity contribution in [1.82, 2.24) is 4.90 Å². The van der Waals surface area contributed by atoms with Crippen molar-refractivity contribution in [2.45, 2.75) is 39.2 Å². The van der Waals surface area contributed by atoms with E-state index < -0.39 is 0 Å². The highest BCUT2D eigenvalue weighted by Gasteiger charge is 2.16. The molecule has 0 bridgehead atoms. The van der Waals surface area contributed by atoms with Crippen LogP contribution in [0.4, 0.5) is 0 Å². The molecule has 2 nitrogen and oxygen atoms in total. The minimum atomic E-state index is 0.387. The zero-order valence-electron chi connectivity index (χ0n) is 8.42. The number of likely N-dealkylation sites (tertiary alicyclic amines) is 1. The number of hydrogen-bond donors (Lipinski definition) is 1. The molecular formula is C10H22N2. The Balaban J connectivity index is 2.17. The van der Waals surface area contributed by atoms with Crippen molar-refractivity contribution in [1.29, 1.82) is 0 Å². The van der Waals surface area contributed by atoms with Crippen LogP contribution in [0.15, 0.2) is 0 Å². The molecule has 72 valence electrons. The molecule has 0 saturated carbocycles. The van der Waals surface area contributed by atoms with Gasteiger partial charge in [0.1, 0.15) is 0 Å². The Labute approximate surface area is 76.1 Å². The third-order valence-electron chi connectivity index (χ3n) is 2.89. The average Bonchev–Trinajstić information content (AvgIpc) is 2.09. The first kappa shape index (κ1) is 10.0. The van der Waals surface area contributed by atoms with Crippen molar-refractivity contribution < 1.29 is 0 Å². The van der Waals surface area contributed by atoms with Crippen LogP contribution in [-0.2, 0) is 0 Å². The van der Waals surface area contributed by atoms with E-state index in [1.807, 2.05) is 0 Å². The van der Waals surface area contributed by atoms with Gasteiger partial charge >= 0.3 is 0 Å². The van der Waals surface area contributed by atoms with Gasteiger partial charge in [0, 0.05) is 12.6 Å². The lowest BCUT2D eigenvalue weighted by Crippen LogP contribution is -2.41. The van der Waals surface area contributed by atoms with Crippen molar-refractivity contribution >= 4 is 0 Å². The van der Waals surface area contributed by atoms with Crippen LogP contribution >= 0.6 is 0 Å². The van der Waals surface area contributed by atoms with Crippen molar-refractivity contribution in [3.05, 3.63) is 0 Å². The van der Waals surface area contributed by atoms with Gasteiger partial charge in [-0.25, -0.2) is 0 Å². The van der Waals surface area contributed by atoms with E-state index in [-0.39, 0.29) is 0 Å². The van der Waals surface area contributed by atoms with Gasteiger partial charge in [-0.1, -0.05) is 13.8 Å². The highest BCUT2D eigenvalue weighted by atomic mass is 15.1. The van der Waals surface area contributed by atoms with Crippen molar-refractivity contribution in [2.75, 3.05) is 19.6 Å². The number of hydrogen-bond acceptors (Lipinski definition) is 2. The molecule has 0 aromatic heterocycles. The molecule has 1 aliphatic heterocycles. The molecule has 2 N–H and O–H groups in total. The SMILES string of the molecule is CCC(N)CN1CCC(C)CC1. The van der Waals surface area contributed by atoms with Crippen molar-refractivity contribution in [2.24, 2.45) is 11.7 Å². The minimum Gasteiger partial charge on any atom is -0.327 e. The molecule has 1 atom stereocenters. The quantitative estimate of drug-likeness (QED) is 0.694. The monoisotopic (exact) mass is 170 g/mol. The molecule has 1 unspecified atom stereocenters. The summed E-state index contributed by atoms with van der Waals surface area (Å²) in [4.78, 5) is 2.51. The summed E-state index contributed by atoms with van der Waals surface area (Å²) in [6.45, 7) is 8.13. The second-order valence-corrected chi connectivity index (χ2v) is 4.15. The van der Waals surface area contributed by atoms with Gasteiger partial charge in [0.25, 0.3) is 0 Å². The van der Waals surface area contributed by atoms with Gasteiger partial charge in [-0.3, -0.25) is 0 Å². The third-order valence-corrected chi connectivity index (χ3v) is 2.89. The summed E-state index contributed by atoms with van der Waals surface area (Å²) < 4.78 is 0. The summed E-state index contributed by atoms with van der Waals surface area (Å²) in [5.74, 6) is 0.930. The Bertz CT molecular complexity index is 117. The lowest BCUT2D eigenvalue weighted by atomic mass is 9.99. The summed E-state index contributed by atoms with van der Waals surface area (Å²) >= 11 is 0. The van der Waals surface area contributed by atoms with E-state index in [4.69, 9.17) is 5.73 Å². The van der Waals surface area contributed by atoms with Crippen molar-refractivity contribution in [3.63, 3.8) is 0 Å². The van der Waals surface area contributed by atoms with Crippen LogP contribution in [0.5, 0.6) is 0 Å². The molecule has 1 rings (SSSR count). The first-order chi connectivity index (χ1) is 5.72. The molecule has 0 spiro atoms. The standard InChI is InChI=1S/C10H22N2/c1-3-10(11)8-12-6-4-9(2)5-7-12/h9-10H,3-8,11H2,1-2H3. The van der Waals surface area contributed by atoms with Crippen LogP contribution in [0, 0.1) is 5.92 Å². The molecule has 0 aromatic carbocycles. The topological polar surface area (TPSA) is 29.3 Å². The number of nitrogens with zero attached hydrogens (tertiary/aromatic N) is 1. The molecular weight excluding hydrogens is 148 g/mol.